The van der Waals surface area contributed by atoms with Gasteiger partial charge < -0.3 is 18.9 Å². The third kappa shape index (κ3) is 4.21. The Labute approximate surface area is 237 Å². The highest BCUT2D eigenvalue weighted by molar-refractivity contribution is 6.07. The summed E-state index contributed by atoms with van der Waals surface area (Å²) < 4.78 is 22.9. The number of methoxy groups -OCH3 is 1. The number of nitrogens with zero attached hydrogens (tertiary/aromatic N) is 1. The highest BCUT2D eigenvalue weighted by atomic mass is 16.6. The molecule has 41 heavy (non-hydrogen) atoms. The fourth-order valence-electron chi connectivity index (χ4n) is 6.23. The Bertz CT molecular complexity index is 1440. The lowest BCUT2D eigenvalue weighted by Crippen LogP contribution is -2.63. The second kappa shape index (κ2) is 10.9. The summed E-state index contributed by atoms with van der Waals surface area (Å²) in [6.45, 7) is 5.03. The maximum Gasteiger partial charge on any atom is 0.339 e. The summed E-state index contributed by atoms with van der Waals surface area (Å²) in [5.41, 5.74) is -2.11. The van der Waals surface area contributed by atoms with Crippen LogP contribution in [0.3, 0.4) is 0 Å². The Hall–Kier alpha value is -4.44. The van der Waals surface area contributed by atoms with E-state index in [0.29, 0.717) is 16.9 Å². The number of hydrogen-bond acceptors (Lipinski definition) is 9. The molecule has 0 aromatic heterocycles. The van der Waals surface area contributed by atoms with Gasteiger partial charge in [-0.3, -0.25) is 15.4 Å². The Morgan fingerprint density at radius 2 is 1.59 bits per heavy atom. The van der Waals surface area contributed by atoms with E-state index in [2.05, 4.69) is 5.32 Å². The number of aryl methyl sites for hydroxylation is 1. The number of nitrogens with one attached hydrogen (secondary N) is 1. The monoisotopic (exact) mass is 560 g/mol. The van der Waals surface area contributed by atoms with Gasteiger partial charge in [-0.15, -0.1) is 0 Å². The zero-order valence-electron chi connectivity index (χ0n) is 23.3. The van der Waals surface area contributed by atoms with Gasteiger partial charge in [0.25, 0.3) is 5.54 Å². The van der Waals surface area contributed by atoms with E-state index >= 15 is 0 Å². The first-order valence-electron chi connectivity index (χ1n) is 13.5. The maximum atomic E-state index is 14.0. The predicted octanol–water partition coefficient (Wildman–Crippen LogP) is 4.45. The van der Waals surface area contributed by atoms with Crippen molar-refractivity contribution >= 4 is 11.9 Å². The van der Waals surface area contributed by atoms with Crippen LogP contribution in [0.25, 0.3) is 0 Å². The largest absolute Gasteiger partial charge is 0.497 e. The highest BCUT2D eigenvalue weighted by Gasteiger charge is 2.82. The number of carbonyl (C=O) groups is 2. The van der Waals surface area contributed by atoms with Gasteiger partial charge in [-0.25, -0.2) is 9.59 Å². The van der Waals surface area contributed by atoms with Crippen LogP contribution in [0.1, 0.15) is 54.2 Å². The highest BCUT2D eigenvalue weighted by Crippen LogP contribution is 2.64. The number of benzene rings is 3. The summed E-state index contributed by atoms with van der Waals surface area (Å²) in [5.74, 6) is -2.61. The zero-order valence-corrected chi connectivity index (χ0v) is 23.3. The molecule has 2 aliphatic heterocycles. The first kappa shape index (κ1) is 28.1. The van der Waals surface area contributed by atoms with Gasteiger partial charge in [0.1, 0.15) is 23.5 Å². The minimum absolute atomic E-state index is 0.0524. The molecule has 1 saturated heterocycles. The van der Waals surface area contributed by atoms with Crippen LogP contribution in [0, 0.1) is 17.0 Å². The number of ether oxygens (including phenoxy) is 4. The zero-order chi connectivity index (χ0) is 29.4. The molecule has 3 aromatic carbocycles. The van der Waals surface area contributed by atoms with Crippen LogP contribution in [0.4, 0.5) is 0 Å². The molecule has 0 aliphatic carbocycles. The van der Waals surface area contributed by atoms with E-state index in [1.54, 1.807) is 74.5 Å². The lowest BCUT2D eigenvalue weighted by Gasteiger charge is -2.43. The SMILES string of the molecule is CCOC(=O)C1(C(=O)OCC)N[C@H](c2ccccc2)[C@@]2([N+](=O)[O-])[C@H](c3ccc(C)cc3)Oc3cc(OC)ccc3[C@@H]12. The van der Waals surface area contributed by atoms with Gasteiger partial charge in [0.05, 0.1) is 20.3 Å². The molecular weight excluding hydrogens is 528 g/mol. The standard InChI is InChI=1S/C31H32N2O8/c1-5-39-28(34)30(29(35)40-6-2)25-23-17-16-22(38-4)18-24(23)41-27(21-14-12-19(3)13-15-21)31(25,33(36)37)26(32-30)20-10-8-7-9-11-20/h7-18,25-27,32H,5-6H2,1-4H3/t25-,26+,27-,31+/m0/s1. The van der Waals surface area contributed by atoms with Crippen molar-refractivity contribution in [1.82, 2.24) is 5.32 Å². The molecule has 10 nitrogen and oxygen atoms in total. The number of carbonyl (C=O) groups excluding carboxylic acids is 2. The Morgan fingerprint density at radius 1 is 0.951 bits per heavy atom. The average molecular weight is 561 g/mol. The Kier molecular flexibility index (Phi) is 7.44. The summed E-state index contributed by atoms with van der Waals surface area (Å²) in [7, 11) is 1.49. The molecule has 0 bridgehead atoms. The molecule has 0 amide bonds. The molecule has 2 heterocycles. The van der Waals surface area contributed by atoms with Crippen molar-refractivity contribution in [2.45, 2.75) is 49.9 Å². The van der Waals surface area contributed by atoms with E-state index in [0.717, 1.165) is 5.56 Å². The van der Waals surface area contributed by atoms with Crippen LogP contribution in [-0.2, 0) is 19.1 Å². The number of fused-ring (bicyclic) bond motifs is 3. The third-order valence-electron chi connectivity index (χ3n) is 7.95. The summed E-state index contributed by atoms with van der Waals surface area (Å²) in [4.78, 5) is 41.4. The number of nitro groups is 1. The van der Waals surface area contributed by atoms with Crippen molar-refractivity contribution < 1.29 is 33.5 Å². The molecule has 10 heteroatoms. The summed E-state index contributed by atoms with van der Waals surface area (Å²) in [6.07, 6.45) is -1.23. The second-order valence-electron chi connectivity index (χ2n) is 10.1. The van der Waals surface area contributed by atoms with Crippen molar-refractivity contribution in [2.75, 3.05) is 20.3 Å². The third-order valence-corrected chi connectivity index (χ3v) is 7.95. The van der Waals surface area contributed by atoms with Gasteiger partial charge in [-0.05, 0) is 38.0 Å². The summed E-state index contributed by atoms with van der Waals surface area (Å²) in [5, 5.41) is 16.9. The van der Waals surface area contributed by atoms with E-state index in [-0.39, 0.29) is 24.5 Å². The molecule has 1 fully saturated rings. The first-order chi connectivity index (χ1) is 19.7. The molecule has 5 rings (SSSR count). The second-order valence-corrected chi connectivity index (χ2v) is 10.1. The van der Waals surface area contributed by atoms with Crippen molar-refractivity contribution in [1.29, 1.82) is 0 Å². The molecular formula is C31H32N2O8. The van der Waals surface area contributed by atoms with Gasteiger partial charge in [0, 0.05) is 16.6 Å². The van der Waals surface area contributed by atoms with Gasteiger partial charge in [0.2, 0.25) is 5.54 Å². The van der Waals surface area contributed by atoms with E-state index in [1.807, 2.05) is 19.1 Å². The average Bonchev–Trinajstić information content (AvgIpc) is 3.32. The van der Waals surface area contributed by atoms with Gasteiger partial charge in [-0.2, -0.15) is 0 Å². The Morgan fingerprint density at radius 3 is 2.15 bits per heavy atom. The van der Waals surface area contributed by atoms with E-state index in [1.165, 1.54) is 7.11 Å². The van der Waals surface area contributed by atoms with Crippen molar-refractivity contribution in [2.24, 2.45) is 0 Å². The Balaban J connectivity index is 1.92. The molecule has 0 radical (unpaired) electrons. The minimum atomic E-state index is -2.27. The summed E-state index contributed by atoms with van der Waals surface area (Å²) in [6, 6.07) is 19.6. The summed E-state index contributed by atoms with van der Waals surface area (Å²) >= 11 is 0. The number of hydrogen-bond donors (Lipinski definition) is 1. The van der Waals surface area contributed by atoms with Crippen LogP contribution >= 0.6 is 0 Å². The number of rotatable bonds is 8. The van der Waals surface area contributed by atoms with Crippen molar-refractivity contribution in [3.8, 4) is 11.5 Å². The predicted molar refractivity (Wildman–Crippen MR) is 148 cm³/mol. The molecule has 4 atom stereocenters. The quantitative estimate of drug-likeness (QED) is 0.184. The molecule has 2 aliphatic rings. The molecule has 0 unspecified atom stereocenters. The van der Waals surface area contributed by atoms with E-state index in [9.17, 15) is 19.7 Å². The first-order valence-corrected chi connectivity index (χ1v) is 13.5. The van der Waals surface area contributed by atoms with Crippen LogP contribution in [-0.4, -0.2) is 48.3 Å². The van der Waals surface area contributed by atoms with Crippen LogP contribution < -0.4 is 14.8 Å². The lowest BCUT2D eigenvalue weighted by molar-refractivity contribution is -0.591. The van der Waals surface area contributed by atoms with Gasteiger partial charge in [-0.1, -0.05) is 66.2 Å². The van der Waals surface area contributed by atoms with Crippen molar-refractivity contribution in [3.05, 3.63) is 105 Å². The molecule has 3 aromatic rings. The molecule has 0 saturated carbocycles. The van der Waals surface area contributed by atoms with Crippen LogP contribution in [0.15, 0.2) is 72.8 Å². The lowest BCUT2D eigenvalue weighted by atomic mass is 9.63. The normalized spacial score (nSPS) is 23.9. The van der Waals surface area contributed by atoms with E-state index < -0.39 is 46.0 Å². The van der Waals surface area contributed by atoms with Crippen LogP contribution in [0.5, 0.6) is 11.5 Å². The molecule has 0 spiro atoms. The minimum Gasteiger partial charge on any atom is -0.497 e. The van der Waals surface area contributed by atoms with E-state index in [4.69, 9.17) is 18.9 Å². The maximum absolute atomic E-state index is 14.0. The molecule has 1 N–H and O–H groups in total. The van der Waals surface area contributed by atoms with Gasteiger partial charge in [0.15, 0.2) is 6.10 Å². The van der Waals surface area contributed by atoms with Crippen LogP contribution in [0.2, 0.25) is 0 Å². The van der Waals surface area contributed by atoms with Gasteiger partial charge >= 0.3 is 11.9 Å². The number of esters is 2. The topological polar surface area (TPSA) is 126 Å². The van der Waals surface area contributed by atoms with Crippen molar-refractivity contribution in [3.63, 3.8) is 0 Å². The fraction of sp³-hybridized carbons (Fsp3) is 0.355. The molecule has 214 valence electrons. The smallest absolute Gasteiger partial charge is 0.339 e. The fourth-order valence-corrected chi connectivity index (χ4v) is 6.23.